The first-order valence-electron chi connectivity index (χ1n) is 6.38. The Hall–Kier alpha value is -1.31. The molecule has 2 N–H and O–H groups in total. The van der Waals surface area contributed by atoms with Crippen molar-refractivity contribution in [1.29, 1.82) is 0 Å². The molecule has 1 heterocycles. The summed E-state index contributed by atoms with van der Waals surface area (Å²) in [5, 5.41) is 19.6. The Labute approximate surface area is 125 Å². The summed E-state index contributed by atoms with van der Waals surface area (Å²) in [6, 6.07) is 6.88. The minimum absolute atomic E-state index is 0.0969. The van der Waals surface area contributed by atoms with E-state index in [0.29, 0.717) is 12.1 Å². The number of hydrogen-bond acceptors (Lipinski definition) is 4. The van der Waals surface area contributed by atoms with Crippen LogP contribution in [-0.2, 0) is 4.74 Å². The lowest BCUT2D eigenvalue weighted by molar-refractivity contribution is 0.147. The summed E-state index contributed by atoms with van der Waals surface area (Å²) in [6.45, 7) is 2.31. The van der Waals surface area contributed by atoms with Crippen molar-refractivity contribution in [2.45, 2.75) is 19.8 Å². The third-order valence-corrected chi connectivity index (χ3v) is 3.46. The van der Waals surface area contributed by atoms with Gasteiger partial charge in [-0.05, 0) is 30.7 Å². The fourth-order valence-electron chi connectivity index (χ4n) is 1.97. The summed E-state index contributed by atoms with van der Waals surface area (Å²) < 4.78 is 7.19. The third kappa shape index (κ3) is 3.05. The molecular weight excluding hydrogens is 325 g/mol. The molecule has 0 aliphatic heterocycles. The molecule has 20 heavy (non-hydrogen) atoms. The summed E-state index contributed by atoms with van der Waals surface area (Å²) in [5.74, 6) is 0. The topological polar surface area (TPSA) is 71.7 Å². The maximum absolute atomic E-state index is 12.1. The Kier molecular flexibility index (Phi) is 4.85. The summed E-state index contributed by atoms with van der Waals surface area (Å²) in [4.78, 5) is 12.1. The third-order valence-electron chi connectivity index (χ3n) is 2.96. The highest BCUT2D eigenvalue weighted by molar-refractivity contribution is 9.10. The van der Waals surface area contributed by atoms with E-state index in [1.807, 2.05) is 6.92 Å². The van der Waals surface area contributed by atoms with Crippen LogP contribution >= 0.6 is 15.9 Å². The molecule has 0 aliphatic rings. The summed E-state index contributed by atoms with van der Waals surface area (Å²) in [7, 11) is -1.74. The molecule has 5 nitrogen and oxygen atoms in total. The lowest BCUT2D eigenvalue weighted by Crippen LogP contribution is -2.39. The van der Waals surface area contributed by atoms with E-state index in [4.69, 9.17) is 4.74 Å². The van der Waals surface area contributed by atoms with E-state index in [0.717, 1.165) is 22.7 Å². The van der Waals surface area contributed by atoms with Gasteiger partial charge in [-0.25, -0.2) is 4.79 Å². The van der Waals surface area contributed by atoms with Crippen molar-refractivity contribution in [3.8, 4) is 0 Å². The van der Waals surface area contributed by atoms with Crippen LogP contribution in [0.4, 0.5) is 4.79 Å². The van der Waals surface area contributed by atoms with Crippen molar-refractivity contribution in [2.24, 2.45) is 0 Å². The first-order chi connectivity index (χ1) is 9.54. The van der Waals surface area contributed by atoms with E-state index in [-0.39, 0.29) is 5.59 Å². The SMILES string of the molecule is CCCCOC(=O)n1c(B(O)O)cc2cc(Br)ccc21. The number of halogens is 1. The molecule has 2 rings (SSSR count). The van der Waals surface area contributed by atoms with E-state index in [9.17, 15) is 14.8 Å². The second-order valence-electron chi connectivity index (χ2n) is 4.45. The number of ether oxygens (including phenoxy) is 1. The van der Waals surface area contributed by atoms with Gasteiger partial charge in [0.2, 0.25) is 0 Å². The van der Waals surface area contributed by atoms with Crippen LogP contribution in [-0.4, -0.2) is 34.4 Å². The largest absolute Gasteiger partial charge is 0.506 e. The molecule has 0 saturated carbocycles. The molecule has 0 bridgehead atoms. The van der Waals surface area contributed by atoms with Crippen molar-refractivity contribution < 1.29 is 19.6 Å². The van der Waals surface area contributed by atoms with E-state index < -0.39 is 13.2 Å². The Morgan fingerprint density at radius 1 is 1.40 bits per heavy atom. The van der Waals surface area contributed by atoms with Gasteiger partial charge in [0.1, 0.15) is 0 Å². The van der Waals surface area contributed by atoms with E-state index >= 15 is 0 Å². The van der Waals surface area contributed by atoms with Crippen LogP contribution in [0, 0.1) is 0 Å². The van der Waals surface area contributed by atoms with Crippen LogP contribution < -0.4 is 5.59 Å². The molecule has 1 aromatic carbocycles. The average Bonchev–Trinajstić information content (AvgIpc) is 2.77. The molecule has 0 radical (unpaired) electrons. The summed E-state index contributed by atoms with van der Waals surface area (Å²) in [5.41, 5.74) is 0.678. The van der Waals surface area contributed by atoms with Crippen LogP contribution in [0.3, 0.4) is 0 Å². The Morgan fingerprint density at radius 2 is 2.15 bits per heavy atom. The lowest BCUT2D eigenvalue weighted by atomic mass is 9.86. The van der Waals surface area contributed by atoms with Crippen LogP contribution in [0.2, 0.25) is 0 Å². The van der Waals surface area contributed by atoms with Crippen LogP contribution in [0.15, 0.2) is 28.7 Å². The van der Waals surface area contributed by atoms with Crippen LogP contribution in [0.1, 0.15) is 19.8 Å². The minimum Gasteiger partial charge on any atom is -0.449 e. The van der Waals surface area contributed by atoms with Gasteiger partial charge >= 0.3 is 13.2 Å². The van der Waals surface area contributed by atoms with Gasteiger partial charge < -0.3 is 14.8 Å². The van der Waals surface area contributed by atoms with Gasteiger partial charge in [-0.3, -0.25) is 4.57 Å². The molecule has 0 saturated heterocycles. The van der Waals surface area contributed by atoms with Crippen molar-refractivity contribution in [2.75, 3.05) is 6.61 Å². The normalized spacial score (nSPS) is 10.8. The average molecular weight is 340 g/mol. The molecular formula is C13H15BBrNO4. The maximum atomic E-state index is 12.1. The molecule has 106 valence electrons. The van der Waals surface area contributed by atoms with Gasteiger partial charge in [0.05, 0.1) is 17.7 Å². The lowest BCUT2D eigenvalue weighted by Gasteiger charge is -2.09. The minimum atomic E-state index is -1.74. The molecule has 0 aliphatic carbocycles. The number of carbonyl (C=O) groups is 1. The highest BCUT2D eigenvalue weighted by Crippen LogP contribution is 2.20. The number of benzene rings is 1. The zero-order chi connectivity index (χ0) is 14.7. The van der Waals surface area contributed by atoms with Gasteiger partial charge in [0.15, 0.2) is 0 Å². The molecule has 0 spiro atoms. The predicted molar refractivity (Wildman–Crippen MR) is 81.1 cm³/mol. The standard InChI is InChI=1S/C13H15BBrNO4/c1-2-3-6-20-13(17)16-11-5-4-10(15)7-9(11)8-12(16)14(18)19/h4-5,7-8,18-19H,2-3,6H2,1H3. The van der Waals surface area contributed by atoms with E-state index in [1.54, 1.807) is 24.3 Å². The first-order valence-corrected chi connectivity index (χ1v) is 7.18. The fraction of sp³-hybridized carbons (Fsp3) is 0.308. The Bertz CT molecular complexity index is 626. The Balaban J connectivity index is 2.43. The smallest absolute Gasteiger partial charge is 0.449 e. The molecule has 1 aromatic heterocycles. The van der Waals surface area contributed by atoms with Crippen LogP contribution in [0.25, 0.3) is 10.9 Å². The molecule has 2 aromatic rings. The van der Waals surface area contributed by atoms with Gasteiger partial charge in [-0.15, -0.1) is 0 Å². The number of unbranched alkanes of at least 4 members (excludes halogenated alkanes) is 1. The molecule has 0 amide bonds. The number of aromatic nitrogens is 1. The van der Waals surface area contributed by atoms with Crippen molar-refractivity contribution >= 4 is 45.6 Å². The van der Waals surface area contributed by atoms with Gasteiger partial charge in [0.25, 0.3) is 0 Å². The van der Waals surface area contributed by atoms with Gasteiger partial charge in [-0.1, -0.05) is 29.3 Å². The molecule has 7 heteroatoms. The molecule has 0 fully saturated rings. The predicted octanol–water partition coefficient (Wildman–Crippen LogP) is 1.87. The highest BCUT2D eigenvalue weighted by Gasteiger charge is 2.24. The zero-order valence-electron chi connectivity index (χ0n) is 11.0. The number of fused-ring (bicyclic) bond motifs is 1. The second kappa shape index (κ2) is 6.43. The van der Waals surface area contributed by atoms with Crippen molar-refractivity contribution in [3.05, 3.63) is 28.7 Å². The van der Waals surface area contributed by atoms with Crippen molar-refractivity contribution in [3.63, 3.8) is 0 Å². The number of nitrogens with zero attached hydrogens (tertiary/aromatic N) is 1. The Morgan fingerprint density at radius 3 is 2.80 bits per heavy atom. The number of carbonyl (C=O) groups excluding carboxylic acids is 1. The molecule has 0 unspecified atom stereocenters. The fourth-order valence-corrected chi connectivity index (χ4v) is 2.35. The van der Waals surface area contributed by atoms with Gasteiger partial charge in [-0.2, -0.15) is 0 Å². The number of hydrogen-bond donors (Lipinski definition) is 2. The summed E-state index contributed by atoms with van der Waals surface area (Å²) in [6.07, 6.45) is 1.09. The quantitative estimate of drug-likeness (QED) is 0.659. The first kappa shape index (κ1) is 15.1. The van der Waals surface area contributed by atoms with Gasteiger partial charge in [0, 0.05) is 9.86 Å². The maximum Gasteiger partial charge on any atom is 0.506 e. The van der Waals surface area contributed by atoms with Crippen molar-refractivity contribution in [1.82, 2.24) is 4.57 Å². The van der Waals surface area contributed by atoms with E-state index in [1.165, 1.54) is 4.57 Å². The molecule has 0 atom stereocenters. The zero-order valence-corrected chi connectivity index (χ0v) is 12.6. The second-order valence-corrected chi connectivity index (χ2v) is 5.37. The monoisotopic (exact) mass is 339 g/mol. The highest BCUT2D eigenvalue weighted by atomic mass is 79.9. The van der Waals surface area contributed by atoms with E-state index in [2.05, 4.69) is 15.9 Å². The van der Waals surface area contributed by atoms with Crippen LogP contribution in [0.5, 0.6) is 0 Å². The summed E-state index contributed by atoms with van der Waals surface area (Å²) >= 11 is 3.34. The number of rotatable bonds is 4.